The molecular weight excluding hydrogens is 451 g/mol. The number of ether oxygens (including phenoxy) is 1. The van der Waals surface area contributed by atoms with Crippen LogP contribution in [0.5, 0.6) is 5.75 Å². The molecule has 4 aromatic rings. The number of hydrogen-bond acceptors (Lipinski definition) is 8. The molecule has 1 saturated heterocycles. The Morgan fingerprint density at radius 3 is 2.86 bits per heavy atom. The number of rotatable bonds is 6. The molecule has 3 N–H and O–H groups in total. The molecule has 1 aliphatic heterocycles. The largest absolute Gasteiger partial charge is 0.494 e. The van der Waals surface area contributed by atoms with Crippen molar-refractivity contribution in [2.75, 3.05) is 24.3 Å². The van der Waals surface area contributed by atoms with E-state index in [9.17, 15) is 9.50 Å². The van der Waals surface area contributed by atoms with Crippen LogP contribution < -0.4 is 15.4 Å². The average Bonchev–Trinajstić information content (AvgIpc) is 3.52. The van der Waals surface area contributed by atoms with Gasteiger partial charge in [0.2, 0.25) is 5.95 Å². The summed E-state index contributed by atoms with van der Waals surface area (Å²) >= 11 is 0. The summed E-state index contributed by atoms with van der Waals surface area (Å²) in [6, 6.07) is 2.95. The molecule has 0 saturated carbocycles. The number of nitrogens with two attached hydrogens (primary N) is 1. The Bertz CT molecular complexity index is 1400. The molecule has 0 bridgehead atoms. The van der Waals surface area contributed by atoms with Crippen molar-refractivity contribution in [3.63, 3.8) is 0 Å². The van der Waals surface area contributed by atoms with E-state index < -0.39 is 11.9 Å². The zero-order chi connectivity index (χ0) is 24.9. The summed E-state index contributed by atoms with van der Waals surface area (Å²) in [4.78, 5) is 11.4. The van der Waals surface area contributed by atoms with Gasteiger partial charge in [0.25, 0.3) is 0 Å². The Morgan fingerprint density at radius 2 is 2.11 bits per heavy atom. The number of methoxy groups -OCH3 is 1. The van der Waals surface area contributed by atoms with Crippen LogP contribution in [0, 0.1) is 5.82 Å². The van der Waals surface area contributed by atoms with Gasteiger partial charge in [0.15, 0.2) is 23.0 Å². The topological polar surface area (TPSA) is 120 Å². The third kappa shape index (κ3) is 3.95. The van der Waals surface area contributed by atoms with Crippen LogP contribution in [-0.4, -0.2) is 60.3 Å². The van der Waals surface area contributed by atoms with Gasteiger partial charge in [-0.1, -0.05) is 6.08 Å². The number of hydrogen-bond donors (Lipinski definition) is 2. The van der Waals surface area contributed by atoms with Gasteiger partial charge in [0.05, 0.1) is 36.7 Å². The van der Waals surface area contributed by atoms with Crippen LogP contribution in [-0.2, 0) is 0 Å². The maximum absolute atomic E-state index is 14.4. The summed E-state index contributed by atoms with van der Waals surface area (Å²) < 4.78 is 22.7. The van der Waals surface area contributed by atoms with Gasteiger partial charge in [-0.25, -0.2) is 14.4 Å². The number of anilines is 2. The predicted octanol–water partition coefficient (Wildman–Crippen LogP) is 3.08. The fourth-order valence-electron chi connectivity index (χ4n) is 4.71. The van der Waals surface area contributed by atoms with Gasteiger partial charge in [-0.05, 0) is 32.8 Å². The molecule has 0 spiro atoms. The van der Waals surface area contributed by atoms with E-state index in [4.69, 9.17) is 15.5 Å². The number of aliphatic hydroxyl groups is 1. The highest BCUT2D eigenvalue weighted by atomic mass is 19.1. The molecule has 35 heavy (non-hydrogen) atoms. The van der Waals surface area contributed by atoms with E-state index in [0.717, 1.165) is 18.5 Å². The van der Waals surface area contributed by atoms with Crippen LogP contribution in [0.1, 0.15) is 44.5 Å². The standard InChI is InChI=1S/C24H29FN8O2/c1-5-20(34)14(3)32-12-16(10-27-32)31-11-15(7-6-13(31)2)22-29-23-17-8-18(25)21(35-4)9-19(17)28-24(26)33(23)30-22/h5,8-10,12-15,20,34H,1,6-7,11H2,2-4H3,(H2,26,28)/t13-,14+,15+,20-/m1/s1. The lowest BCUT2D eigenvalue weighted by atomic mass is 9.92. The number of nitrogen functional groups attached to an aromatic ring is 1. The second-order valence-corrected chi connectivity index (χ2v) is 9.10. The highest BCUT2D eigenvalue weighted by Gasteiger charge is 2.31. The minimum Gasteiger partial charge on any atom is -0.494 e. The lowest BCUT2D eigenvalue weighted by Gasteiger charge is -2.37. The Balaban J connectivity index is 1.48. The van der Waals surface area contributed by atoms with Crippen molar-refractivity contribution >= 4 is 28.2 Å². The maximum Gasteiger partial charge on any atom is 0.223 e. The summed E-state index contributed by atoms with van der Waals surface area (Å²) in [5.74, 6) is 0.464. The number of benzene rings is 1. The maximum atomic E-state index is 14.4. The molecule has 0 amide bonds. The molecule has 1 aromatic carbocycles. The second-order valence-electron chi connectivity index (χ2n) is 9.10. The van der Waals surface area contributed by atoms with Crippen molar-refractivity contribution in [2.24, 2.45) is 0 Å². The molecule has 4 atom stereocenters. The Kier molecular flexibility index (Phi) is 5.79. The molecule has 10 nitrogen and oxygen atoms in total. The summed E-state index contributed by atoms with van der Waals surface area (Å²) in [5, 5.41) is 19.7. The lowest BCUT2D eigenvalue weighted by molar-refractivity contribution is 0.159. The molecule has 0 unspecified atom stereocenters. The van der Waals surface area contributed by atoms with Crippen molar-refractivity contribution in [1.82, 2.24) is 29.4 Å². The number of fused-ring (bicyclic) bond motifs is 3. The van der Waals surface area contributed by atoms with Crippen molar-refractivity contribution in [3.05, 3.63) is 48.8 Å². The minimum absolute atomic E-state index is 0.0446. The smallest absolute Gasteiger partial charge is 0.223 e. The lowest BCUT2D eigenvalue weighted by Crippen LogP contribution is -2.41. The van der Waals surface area contributed by atoms with Crippen LogP contribution in [0.25, 0.3) is 16.6 Å². The molecule has 11 heteroatoms. The Hall–Kier alpha value is -3.73. The summed E-state index contributed by atoms with van der Waals surface area (Å²) in [6.07, 6.45) is 6.42. The highest BCUT2D eigenvalue weighted by Crippen LogP contribution is 2.34. The van der Waals surface area contributed by atoms with E-state index in [-0.39, 0.29) is 23.7 Å². The molecule has 1 fully saturated rings. The zero-order valence-corrected chi connectivity index (χ0v) is 20.0. The van der Waals surface area contributed by atoms with Crippen LogP contribution in [0.2, 0.25) is 0 Å². The molecular formula is C24H29FN8O2. The normalized spacial score (nSPS) is 20.3. The van der Waals surface area contributed by atoms with Gasteiger partial charge in [-0.2, -0.15) is 9.61 Å². The number of halogens is 1. The molecule has 5 rings (SSSR count). The monoisotopic (exact) mass is 480 g/mol. The van der Waals surface area contributed by atoms with Gasteiger partial charge in [-0.3, -0.25) is 4.68 Å². The Labute approximate surface area is 201 Å². The van der Waals surface area contributed by atoms with Crippen molar-refractivity contribution in [2.45, 2.75) is 50.8 Å². The molecule has 0 radical (unpaired) electrons. The zero-order valence-electron chi connectivity index (χ0n) is 20.0. The fraction of sp³-hybridized carbons (Fsp3) is 0.417. The van der Waals surface area contributed by atoms with E-state index in [2.05, 4.69) is 33.6 Å². The van der Waals surface area contributed by atoms with E-state index >= 15 is 0 Å². The van der Waals surface area contributed by atoms with Crippen molar-refractivity contribution in [1.29, 1.82) is 0 Å². The first-order valence-corrected chi connectivity index (χ1v) is 11.6. The van der Waals surface area contributed by atoms with Gasteiger partial charge >= 0.3 is 0 Å². The molecule has 3 aromatic heterocycles. The van der Waals surface area contributed by atoms with Crippen LogP contribution in [0.4, 0.5) is 16.0 Å². The number of aromatic nitrogens is 6. The summed E-state index contributed by atoms with van der Waals surface area (Å²) in [7, 11) is 1.41. The minimum atomic E-state index is -0.685. The Morgan fingerprint density at radius 1 is 1.31 bits per heavy atom. The van der Waals surface area contributed by atoms with E-state index in [0.29, 0.717) is 35.0 Å². The number of nitrogens with zero attached hydrogens (tertiary/aromatic N) is 7. The highest BCUT2D eigenvalue weighted by molar-refractivity contribution is 5.93. The van der Waals surface area contributed by atoms with E-state index in [1.54, 1.807) is 4.68 Å². The van der Waals surface area contributed by atoms with E-state index in [1.807, 2.05) is 19.3 Å². The third-order valence-electron chi connectivity index (χ3n) is 6.91. The molecule has 4 heterocycles. The number of piperidine rings is 1. The van der Waals surface area contributed by atoms with Crippen LogP contribution in [0.3, 0.4) is 0 Å². The first kappa shape index (κ1) is 23.0. The third-order valence-corrected chi connectivity index (χ3v) is 6.91. The van der Waals surface area contributed by atoms with Gasteiger partial charge in [0, 0.05) is 36.2 Å². The quantitative estimate of drug-likeness (QED) is 0.404. The van der Waals surface area contributed by atoms with Gasteiger partial charge in [-0.15, -0.1) is 11.7 Å². The van der Waals surface area contributed by atoms with Crippen molar-refractivity contribution in [3.8, 4) is 5.75 Å². The predicted molar refractivity (Wildman–Crippen MR) is 131 cm³/mol. The van der Waals surface area contributed by atoms with Crippen LogP contribution in [0.15, 0.2) is 37.2 Å². The molecule has 184 valence electrons. The average molecular weight is 481 g/mol. The molecule has 1 aliphatic rings. The van der Waals surface area contributed by atoms with Gasteiger partial charge in [0.1, 0.15) is 0 Å². The van der Waals surface area contributed by atoms with E-state index in [1.165, 1.54) is 29.8 Å². The first-order valence-electron chi connectivity index (χ1n) is 11.6. The van der Waals surface area contributed by atoms with Crippen molar-refractivity contribution < 1.29 is 14.2 Å². The summed E-state index contributed by atoms with van der Waals surface area (Å²) in [5.41, 5.74) is 8.10. The number of aliphatic hydroxyl groups excluding tert-OH is 1. The van der Waals surface area contributed by atoms with Gasteiger partial charge < -0.3 is 20.5 Å². The second kappa shape index (κ2) is 8.81. The van der Waals surface area contributed by atoms with Crippen LogP contribution >= 0.6 is 0 Å². The molecule has 0 aliphatic carbocycles. The summed E-state index contributed by atoms with van der Waals surface area (Å²) in [6.45, 7) is 8.42. The SMILES string of the molecule is C=C[C@@H](O)[C@H](C)n1cc(N2C[C@@H](c3nc4c5cc(F)c(OC)cc5nc(N)n4n3)CC[C@H]2C)cn1. The first-order chi connectivity index (χ1) is 16.8. The fourth-order valence-corrected chi connectivity index (χ4v) is 4.71.